The lowest BCUT2D eigenvalue weighted by Gasteiger charge is -2.12. The second-order valence-electron chi connectivity index (χ2n) is 4.12. The lowest BCUT2D eigenvalue weighted by molar-refractivity contribution is -0.137. The van der Waals surface area contributed by atoms with Crippen LogP contribution in [0.4, 0.5) is 13.2 Å². The van der Waals surface area contributed by atoms with Crippen LogP contribution in [0.3, 0.4) is 0 Å². The zero-order valence-corrected chi connectivity index (χ0v) is 10.6. The molecule has 106 valence electrons. The molecule has 0 fully saturated rings. The Morgan fingerprint density at radius 1 is 1.20 bits per heavy atom. The second kappa shape index (κ2) is 5.50. The van der Waals surface area contributed by atoms with Crippen molar-refractivity contribution in [2.45, 2.75) is 12.8 Å². The lowest BCUT2D eigenvalue weighted by Crippen LogP contribution is -2.06. The summed E-state index contributed by atoms with van der Waals surface area (Å²) < 4.78 is 43.1. The van der Waals surface area contributed by atoms with Gasteiger partial charge < -0.3 is 9.84 Å². The Balaban J connectivity index is 2.52. The van der Waals surface area contributed by atoms with Gasteiger partial charge in [0.05, 0.1) is 19.3 Å². The van der Waals surface area contributed by atoms with Crippen LogP contribution in [0.25, 0.3) is 11.1 Å². The third kappa shape index (κ3) is 2.91. The minimum Gasteiger partial charge on any atom is -0.481 e. The standard InChI is InChI=1S/C14H12F3NO2/c1-20-13-5-3-9(7-18-13)12-6-11(14(15,16)17)4-2-10(12)8-19/h2-7,19H,8H2,1H3. The second-order valence-corrected chi connectivity index (χ2v) is 4.12. The Labute approximate surface area is 113 Å². The number of pyridine rings is 1. The molecule has 0 aliphatic carbocycles. The van der Waals surface area contributed by atoms with E-state index >= 15 is 0 Å². The summed E-state index contributed by atoms with van der Waals surface area (Å²) in [7, 11) is 1.45. The summed E-state index contributed by atoms with van der Waals surface area (Å²) in [5, 5.41) is 9.25. The van der Waals surface area contributed by atoms with E-state index in [2.05, 4.69) is 4.98 Å². The third-order valence-corrected chi connectivity index (χ3v) is 2.86. The molecular formula is C14H12F3NO2. The molecule has 0 aliphatic heterocycles. The van der Waals surface area contributed by atoms with Gasteiger partial charge in [0.1, 0.15) is 0 Å². The molecule has 0 aliphatic rings. The third-order valence-electron chi connectivity index (χ3n) is 2.86. The first kappa shape index (κ1) is 14.3. The molecule has 0 saturated heterocycles. The molecular weight excluding hydrogens is 271 g/mol. The maximum Gasteiger partial charge on any atom is 0.416 e. The number of rotatable bonds is 3. The van der Waals surface area contributed by atoms with Crippen molar-refractivity contribution < 1.29 is 23.0 Å². The Kier molecular flexibility index (Phi) is 3.94. The number of halogens is 3. The zero-order valence-electron chi connectivity index (χ0n) is 10.6. The van der Waals surface area contributed by atoms with Crippen molar-refractivity contribution in [3.63, 3.8) is 0 Å². The van der Waals surface area contributed by atoms with Crippen LogP contribution in [0.5, 0.6) is 5.88 Å². The van der Waals surface area contributed by atoms with E-state index in [-0.39, 0.29) is 6.61 Å². The molecule has 2 aromatic rings. The smallest absolute Gasteiger partial charge is 0.416 e. The molecule has 0 bridgehead atoms. The minimum atomic E-state index is -4.43. The maximum absolute atomic E-state index is 12.7. The van der Waals surface area contributed by atoms with Crippen LogP contribution in [-0.4, -0.2) is 17.2 Å². The molecule has 1 aromatic heterocycles. The molecule has 20 heavy (non-hydrogen) atoms. The molecule has 1 aromatic carbocycles. The van der Waals surface area contributed by atoms with Crippen LogP contribution in [0, 0.1) is 0 Å². The number of alkyl halides is 3. The zero-order chi connectivity index (χ0) is 14.8. The van der Waals surface area contributed by atoms with Crippen molar-refractivity contribution in [3.8, 4) is 17.0 Å². The summed E-state index contributed by atoms with van der Waals surface area (Å²) in [6.45, 7) is -0.348. The number of aliphatic hydroxyl groups is 1. The first-order chi connectivity index (χ1) is 9.45. The average molecular weight is 283 g/mol. The largest absolute Gasteiger partial charge is 0.481 e. The van der Waals surface area contributed by atoms with E-state index in [1.807, 2.05) is 0 Å². The van der Waals surface area contributed by atoms with Crippen LogP contribution < -0.4 is 4.74 Å². The molecule has 0 radical (unpaired) electrons. The van der Waals surface area contributed by atoms with Gasteiger partial charge in [-0.1, -0.05) is 6.07 Å². The Bertz CT molecular complexity index is 594. The molecule has 2 rings (SSSR count). The molecule has 0 saturated carbocycles. The molecule has 0 unspecified atom stereocenters. The highest BCUT2D eigenvalue weighted by atomic mass is 19.4. The Morgan fingerprint density at radius 3 is 2.45 bits per heavy atom. The van der Waals surface area contributed by atoms with E-state index < -0.39 is 11.7 Å². The van der Waals surface area contributed by atoms with Gasteiger partial charge in [-0.15, -0.1) is 0 Å². The van der Waals surface area contributed by atoms with Gasteiger partial charge >= 0.3 is 6.18 Å². The molecule has 1 heterocycles. The topological polar surface area (TPSA) is 42.4 Å². The number of aliphatic hydroxyl groups excluding tert-OH is 1. The molecule has 3 nitrogen and oxygen atoms in total. The summed E-state index contributed by atoms with van der Waals surface area (Å²) in [6.07, 6.45) is -3.02. The Hall–Kier alpha value is -2.08. The van der Waals surface area contributed by atoms with Crippen molar-refractivity contribution in [2.24, 2.45) is 0 Å². The van der Waals surface area contributed by atoms with E-state index in [0.29, 0.717) is 22.6 Å². The van der Waals surface area contributed by atoms with Crippen LogP contribution >= 0.6 is 0 Å². The van der Waals surface area contributed by atoms with Crippen molar-refractivity contribution in [2.75, 3.05) is 7.11 Å². The maximum atomic E-state index is 12.7. The molecule has 0 amide bonds. The van der Waals surface area contributed by atoms with E-state index in [1.54, 1.807) is 12.1 Å². The number of methoxy groups -OCH3 is 1. The first-order valence-corrected chi connectivity index (χ1v) is 5.77. The van der Waals surface area contributed by atoms with Crippen LogP contribution in [0.2, 0.25) is 0 Å². The fourth-order valence-electron chi connectivity index (χ4n) is 1.82. The summed E-state index contributed by atoms with van der Waals surface area (Å²) in [4.78, 5) is 3.96. The van der Waals surface area contributed by atoms with Crippen molar-refractivity contribution >= 4 is 0 Å². The summed E-state index contributed by atoms with van der Waals surface area (Å²) in [6, 6.07) is 6.38. The summed E-state index contributed by atoms with van der Waals surface area (Å²) in [5.74, 6) is 0.367. The number of nitrogens with zero attached hydrogens (tertiary/aromatic N) is 1. The normalized spacial score (nSPS) is 11.4. The highest BCUT2D eigenvalue weighted by molar-refractivity contribution is 5.67. The number of ether oxygens (including phenoxy) is 1. The fourth-order valence-corrected chi connectivity index (χ4v) is 1.82. The Morgan fingerprint density at radius 2 is 1.95 bits per heavy atom. The van der Waals surface area contributed by atoms with E-state index in [0.717, 1.165) is 12.1 Å². The first-order valence-electron chi connectivity index (χ1n) is 5.77. The minimum absolute atomic E-state index is 0.303. The predicted molar refractivity (Wildman–Crippen MR) is 67.1 cm³/mol. The van der Waals surface area contributed by atoms with Gasteiger partial charge in [0.2, 0.25) is 5.88 Å². The van der Waals surface area contributed by atoms with E-state index in [4.69, 9.17) is 4.74 Å². The van der Waals surface area contributed by atoms with Crippen LogP contribution in [0.15, 0.2) is 36.5 Å². The number of benzene rings is 1. The highest BCUT2D eigenvalue weighted by Gasteiger charge is 2.31. The van der Waals surface area contributed by atoms with Gasteiger partial charge in [-0.2, -0.15) is 13.2 Å². The van der Waals surface area contributed by atoms with Crippen molar-refractivity contribution in [1.82, 2.24) is 4.98 Å². The number of aromatic nitrogens is 1. The highest BCUT2D eigenvalue weighted by Crippen LogP contribution is 2.34. The molecule has 6 heteroatoms. The van der Waals surface area contributed by atoms with Gasteiger partial charge in [0, 0.05) is 17.8 Å². The SMILES string of the molecule is COc1ccc(-c2cc(C(F)(F)F)ccc2CO)cn1. The summed E-state index contributed by atoms with van der Waals surface area (Å²) in [5.41, 5.74) is 0.434. The van der Waals surface area contributed by atoms with Crippen LogP contribution in [0.1, 0.15) is 11.1 Å². The molecule has 1 N–H and O–H groups in total. The molecule has 0 atom stereocenters. The van der Waals surface area contributed by atoms with Gasteiger partial charge in [-0.25, -0.2) is 4.98 Å². The number of hydrogen-bond donors (Lipinski definition) is 1. The van der Waals surface area contributed by atoms with Gasteiger partial charge in [0.25, 0.3) is 0 Å². The van der Waals surface area contributed by atoms with Gasteiger partial charge in [-0.05, 0) is 29.3 Å². The predicted octanol–water partition coefficient (Wildman–Crippen LogP) is 3.27. The van der Waals surface area contributed by atoms with E-state index in [9.17, 15) is 18.3 Å². The molecule has 0 spiro atoms. The van der Waals surface area contributed by atoms with Crippen LogP contribution in [-0.2, 0) is 12.8 Å². The van der Waals surface area contributed by atoms with Crippen molar-refractivity contribution in [1.29, 1.82) is 0 Å². The lowest BCUT2D eigenvalue weighted by atomic mass is 9.98. The monoisotopic (exact) mass is 283 g/mol. The van der Waals surface area contributed by atoms with Gasteiger partial charge in [0.15, 0.2) is 0 Å². The average Bonchev–Trinajstić information content (AvgIpc) is 2.45. The quantitative estimate of drug-likeness (QED) is 0.940. The number of hydrogen-bond acceptors (Lipinski definition) is 3. The van der Waals surface area contributed by atoms with Gasteiger partial charge in [-0.3, -0.25) is 0 Å². The van der Waals surface area contributed by atoms with Crippen molar-refractivity contribution in [3.05, 3.63) is 47.7 Å². The fraction of sp³-hybridized carbons (Fsp3) is 0.214. The summed E-state index contributed by atoms with van der Waals surface area (Å²) >= 11 is 0. The van der Waals surface area contributed by atoms with E-state index in [1.165, 1.54) is 19.4 Å².